The molecule has 2 aromatic carbocycles. The Morgan fingerprint density at radius 1 is 1.13 bits per heavy atom. The Hall–Kier alpha value is -4.88. The predicted molar refractivity (Wildman–Crippen MR) is 175 cm³/mol. The molecule has 1 amide bonds. The van der Waals surface area contributed by atoms with Crippen LogP contribution in [0, 0.1) is 5.82 Å². The van der Waals surface area contributed by atoms with Crippen LogP contribution in [0.3, 0.4) is 0 Å². The third kappa shape index (κ3) is 6.15. The van der Waals surface area contributed by atoms with Crippen LogP contribution in [0.25, 0.3) is 33.5 Å². The number of imidazole rings is 1. The second kappa shape index (κ2) is 12.4. The number of likely N-dealkylation sites (tertiary alicyclic amines) is 1. The number of carbonyl (C=O) groups is 1. The van der Waals surface area contributed by atoms with E-state index in [1.54, 1.807) is 11.1 Å². The molecule has 7 rings (SSSR count). The Morgan fingerprint density at radius 2 is 1.96 bits per heavy atom. The number of carbonyl (C=O) groups excluding carboxylic acids is 1. The summed E-state index contributed by atoms with van der Waals surface area (Å²) < 4.78 is 14.2. The summed E-state index contributed by atoms with van der Waals surface area (Å²) in [5.74, 6) is -0.0506. The van der Waals surface area contributed by atoms with Crippen molar-refractivity contribution in [2.75, 3.05) is 38.5 Å². The number of rotatable bonds is 8. The highest BCUT2D eigenvalue weighted by Crippen LogP contribution is 2.34. The SMILES string of the molecule is CCc1cc(O)c(F)cc1-c1ccc2c(-c3nc4c([nH]3)CN(C(=O)c3cnc(NCCC5(O)CCN(C)CC5)cn3)CC4)n[nH]c2c1. The number of piperidine rings is 1. The van der Waals surface area contributed by atoms with Crippen molar-refractivity contribution in [2.45, 2.75) is 51.2 Å². The second-order valence-electron chi connectivity index (χ2n) is 12.6. The minimum absolute atomic E-state index is 0.207. The summed E-state index contributed by atoms with van der Waals surface area (Å²) in [4.78, 5) is 34.2. The number of fused-ring (bicyclic) bond motifs is 2. The van der Waals surface area contributed by atoms with E-state index in [4.69, 9.17) is 4.98 Å². The summed E-state index contributed by atoms with van der Waals surface area (Å²) in [6.45, 7) is 5.17. The fraction of sp³-hybridized carbons (Fsp3) is 0.382. The van der Waals surface area contributed by atoms with Crippen molar-refractivity contribution in [1.29, 1.82) is 0 Å². The van der Waals surface area contributed by atoms with Crippen molar-refractivity contribution >= 4 is 22.6 Å². The Bertz CT molecular complexity index is 1930. The number of aromatic nitrogens is 6. The maximum absolute atomic E-state index is 14.2. The van der Waals surface area contributed by atoms with E-state index < -0.39 is 11.4 Å². The van der Waals surface area contributed by atoms with Gasteiger partial charge in [0.05, 0.1) is 41.4 Å². The quantitative estimate of drug-likeness (QED) is 0.167. The Balaban J connectivity index is 1.01. The smallest absolute Gasteiger partial charge is 0.274 e. The third-order valence-electron chi connectivity index (χ3n) is 9.46. The van der Waals surface area contributed by atoms with E-state index in [-0.39, 0.29) is 17.4 Å². The van der Waals surface area contributed by atoms with Crippen LogP contribution in [0.4, 0.5) is 10.2 Å². The van der Waals surface area contributed by atoms with Crippen LogP contribution in [0.1, 0.15) is 53.6 Å². The molecule has 13 heteroatoms. The van der Waals surface area contributed by atoms with E-state index in [0.29, 0.717) is 56.2 Å². The number of nitrogens with zero attached hydrogens (tertiary/aromatic N) is 6. The molecule has 0 bridgehead atoms. The summed E-state index contributed by atoms with van der Waals surface area (Å²) in [5.41, 5.74) is 5.15. The summed E-state index contributed by atoms with van der Waals surface area (Å²) in [7, 11) is 2.07. The summed E-state index contributed by atoms with van der Waals surface area (Å²) in [6, 6.07) is 8.59. The molecule has 1 saturated heterocycles. The lowest BCUT2D eigenvalue weighted by atomic mass is 9.88. The van der Waals surface area contributed by atoms with Crippen molar-refractivity contribution in [3.05, 3.63) is 71.2 Å². The number of aryl methyl sites for hydroxylation is 1. The maximum Gasteiger partial charge on any atom is 0.274 e. The van der Waals surface area contributed by atoms with Crippen LogP contribution in [-0.2, 0) is 19.4 Å². The largest absolute Gasteiger partial charge is 0.505 e. The highest BCUT2D eigenvalue weighted by molar-refractivity contribution is 5.94. The van der Waals surface area contributed by atoms with Gasteiger partial charge >= 0.3 is 0 Å². The molecule has 47 heavy (non-hydrogen) atoms. The van der Waals surface area contributed by atoms with E-state index in [9.17, 15) is 19.4 Å². The zero-order chi connectivity index (χ0) is 32.7. The lowest BCUT2D eigenvalue weighted by Crippen LogP contribution is -2.43. The van der Waals surface area contributed by atoms with Gasteiger partial charge in [0.25, 0.3) is 5.91 Å². The number of phenols is 1. The first-order valence-corrected chi connectivity index (χ1v) is 16.0. The molecule has 12 nitrogen and oxygen atoms in total. The van der Waals surface area contributed by atoms with E-state index >= 15 is 0 Å². The Kier molecular flexibility index (Phi) is 8.10. The molecular formula is C34H38FN9O3. The molecule has 5 aromatic rings. The topological polar surface area (TPSA) is 159 Å². The van der Waals surface area contributed by atoms with Crippen molar-refractivity contribution in [2.24, 2.45) is 0 Å². The molecule has 0 aliphatic carbocycles. The van der Waals surface area contributed by atoms with Crippen LogP contribution in [0.5, 0.6) is 5.75 Å². The fourth-order valence-electron chi connectivity index (χ4n) is 6.51. The van der Waals surface area contributed by atoms with Gasteiger partial charge in [-0.05, 0) is 73.7 Å². The first-order chi connectivity index (χ1) is 22.7. The molecule has 5 N–H and O–H groups in total. The van der Waals surface area contributed by atoms with E-state index in [1.807, 2.05) is 25.1 Å². The number of aromatic amines is 2. The van der Waals surface area contributed by atoms with Crippen molar-refractivity contribution in [3.63, 3.8) is 0 Å². The van der Waals surface area contributed by atoms with Crippen molar-refractivity contribution < 1.29 is 19.4 Å². The van der Waals surface area contributed by atoms with Gasteiger partial charge in [0.1, 0.15) is 17.2 Å². The molecule has 0 spiro atoms. The number of phenolic OH excluding ortho intramolecular Hbond substituents is 1. The van der Waals surface area contributed by atoms with E-state index in [1.165, 1.54) is 18.3 Å². The van der Waals surface area contributed by atoms with Gasteiger partial charge in [-0.1, -0.05) is 13.0 Å². The second-order valence-corrected chi connectivity index (χ2v) is 12.6. The first-order valence-electron chi connectivity index (χ1n) is 16.0. The number of hydrogen-bond donors (Lipinski definition) is 5. The molecule has 0 radical (unpaired) electrons. The zero-order valence-corrected chi connectivity index (χ0v) is 26.5. The highest BCUT2D eigenvalue weighted by Gasteiger charge is 2.31. The number of H-pyrrole nitrogens is 2. The average Bonchev–Trinajstić information content (AvgIpc) is 3.70. The molecule has 1 fully saturated rings. The number of aliphatic hydroxyl groups is 1. The van der Waals surface area contributed by atoms with Gasteiger partial charge in [-0.15, -0.1) is 0 Å². The molecule has 244 valence electrons. The number of aromatic hydroxyl groups is 1. The van der Waals surface area contributed by atoms with Crippen LogP contribution in [-0.4, -0.2) is 94.9 Å². The molecule has 3 aromatic heterocycles. The van der Waals surface area contributed by atoms with Crippen molar-refractivity contribution in [1.82, 2.24) is 39.9 Å². The Morgan fingerprint density at radius 3 is 2.72 bits per heavy atom. The molecule has 5 heterocycles. The highest BCUT2D eigenvalue weighted by atomic mass is 19.1. The first kappa shape index (κ1) is 30.8. The van der Waals surface area contributed by atoms with Gasteiger partial charge < -0.3 is 30.3 Å². The molecule has 2 aliphatic rings. The Labute approximate surface area is 271 Å². The summed E-state index contributed by atoms with van der Waals surface area (Å²) in [6.07, 6.45) is 6.41. The van der Waals surface area contributed by atoms with Gasteiger partial charge in [-0.2, -0.15) is 5.10 Å². The minimum atomic E-state index is -0.661. The lowest BCUT2D eigenvalue weighted by Gasteiger charge is -2.36. The summed E-state index contributed by atoms with van der Waals surface area (Å²) in [5, 5.41) is 32.3. The number of anilines is 1. The monoisotopic (exact) mass is 639 g/mol. The number of halogens is 1. The van der Waals surface area contributed by atoms with Gasteiger partial charge in [0, 0.05) is 38.0 Å². The van der Waals surface area contributed by atoms with E-state index in [0.717, 1.165) is 64.9 Å². The maximum atomic E-state index is 14.2. The predicted octanol–water partition coefficient (Wildman–Crippen LogP) is 4.27. The summed E-state index contributed by atoms with van der Waals surface area (Å²) >= 11 is 0. The van der Waals surface area contributed by atoms with E-state index in [2.05, 4.69) is 42.4 Å². The van der Waals surface area contributed by atoms with Gasteiger partial charge in [0.15, 0.2) is 17.4 Å². The molecular weight excluding hydrogens is 601 g/mol. The standard InChI is InChI=1S/C34H38FN9O3/c1-3-20-15-29(45)24(35)16-23(20)21-4-5-22-26(14-21)41-42-31(22)32-39-25-6-11-44(19-28(25)40-32)33(46)27-17-38-30(18-37-27)36-10-7-34(47)8-12-43(2)13-9-34/h4-5,14-18,45,47H,3,6-13,19H2,1-2H3,(H,36,38)(H,39,40)(H,41,42). The van der Waals surface area contributed by atoms with Gasteiger partial charge in [0.2, 0.25) is 0 Å². The number of amides is 1. The average molecular weight is 640 g/mol. The number of benzene rings is 2. The molecule has 2 aliphatic heterocycles. The normalized spacial score (nSPS) is 16.4. The van der Waals surface area contributed by atoms with Crippen LogP contribution in [0.2, 0.25) is 0 Å². The third-order valence-corrected chi connectivity index (χ3v) is 9.46. The number of nitrogens with one attached hydrogen (secondary N) is 3. The molecule has 0 saturated carbocycles. The minimum Gasteiger partial charge on any atom is -0.505 e. The van der Waals surface area contributed by atoms with Gasteiger partial charge in [-0.25, -0.2) is 19.3 Å². The fourth-order valence-corrected chi connectivity index (χ4v) is 6.51. The molecule has 0 unspecified atom stereocenters. The molecule has 0 atom stereocenters. The van der Waals surface area contributed by atoms with Crippen LogP contribution >= 0.6 is 0 Å². The lowest BCUT2D eigenvalue weighted by molar-refractivity contribution is -0.0194. The van der Waals surface area contributed by atoms with Crippen molar-refractivity contribution in [3.8, 4) is 28.4 Å². The number of hydrogen-bond acceptors (Lipinski definition) is 9. The van der Waals surface area contributed by atoms with Crippen LogP contribution in [0.15, 0.2) is 42.7 Å². The van der Waals surface area contributed by atoms with Crippen LogP contribution < -0.4 is 5.32 Å². The zero-order valence-electron chi connectivity index (χ0n) is 26.5. The van der Waals surface area contributed by atoms with Gasteiger partial charge in [-0.3, -0.25) is 9.89 Å².